The number of aromatic nitrogens is 3. The first-order valence-corrected chi connectivity index (χ1v) is 8.72. The fourth-order valence-corrected chi connectivity index (χ4v) is 4.33. The number of fused-ring (bicyclic) bond motifs is 2. The standard InChI is InChI=1S/C17H12N4S2/c1-10-9-21-14(11(2)19-17(21)22-10)7-12(8-18)16-20-13-5-3-4-6-15(13)23-16/h3-7,9H,1-2H3. The summed E-state index contributed by atoms with van der Waals surface area (Å²) in [6.45, 7) is 4.02. The number of para-hydroxylation sites is 1. The second kappa shape index (κ2) is 5.30. The Morgan fingerprint density at radius 2 is 2.04 bits per heavy atom. The predicted molar refractivity (Wildman–Crippen MR) is 95.6 cm³/mol. The molecule has 0 saturated carbocycles. The summed E-state index contributed by atoms with van der Waals surface area (Å²) in [5, 5.41) is 10.3. The zero-order chi connectivity index (χ0) is 16.0. The second-order valence-corrected chi connectivity index (χ2v) is 7.48. The Bertz CT molecular complexity index is 1070. The van der Waals surface area contributed by atoms with Gasteiger partial charge in [0.2, 0.25) is 0 Å². The van der Waals surface area contributed by atoms with E-state index in [0.29, 0.717) is 5.57 Å². The van der Waals surface area contributed by atoms with Crippen molar-refractivity contribution < 1.29 is 0 Å². The van der Waals surface area contributed by atoms with Gasteiger partial charge in [0.15, 0.2) is 4.96 Å². The normalized spacial score (nSPS) is 12.1. The maximum atomic E-state index is 9.59. The maximum Gasteiger partial charge on any atom is 0.194 e. The minimum absolute atomic E-state index is 0.569. The minimum atomic E-state index is 0.569. The highest BCUT2D eigenvalue weighted by molar-refractivity contribution is 7.19. The van der Waals surface area contributed by atoms with Crippen molar-refractivity contribution in [3.63, 3.8) is 0 Å². The number of thiazole rings is 2. The molecule has 0 bridgehead atoms. The molecule has 4 aromatic rings. The first-order chi connectivity index (χ1) is 11.2. The minimum Gasteiger partial charge on any atom is -0.290 e. The summed E-state index contributed by atoms with van der Waals surface area (Å²) in [5.41, 5.74) is 3.36. The maximum absolute atomic E-state index is 9.59. The molecule has 4 rings (SSSR count). The third kappa shape index (κ3) is 2.34. The number of nitriles is 1. The molecule has 1 aromatic carbocycles. The molecular weight excluding hydrogens is 324 g/mol. The van der Waals surface area contributed by atoms with Crippen molar-refractivity contribution in [2.75, 3.05) is 0 Å². The van der Waals surface area contributed by atoms with Gasteiger partial charge >= 0.3 is 0 Å². The number of rotatable bonds is 2. The number of hydrogen-bond acceptors (Lipinski definition) is 5. The molecular formula is C17H12N4S2. The molecule has 0 N–H and O–H groups in total. The Morgan fingerprint density at radius 1 is 1.22 bits per heavy atom. The van der Waals surface area contributed by atoms with Crippen molar-refractivity contribution >= 4 is 49.5 Å². The average Bonchev–Trinajstić information content (AvgIpc) is 3.18. The van der Waals surface area contributed by atoms with Gasteiger partial charge in [0.1, 0.15) is 11.1 Å². The largest absolute Gasteiger partial charge is 0.290 e. The van der Waals surface area contributed by atoms with Crippen molar-refractivity contribution in [2.45, 2.75) is 13.8 Å². The van der Waals surface area contributed by atoms with E-state index in [-0.39, 0.29) is 0 Å². The van der Waals surface area contributed by atoms with E-state index in [2.05, 4.69) is 29.2 Å². The third-order valence-electron chi connectivity index (χ3n) is 3.59. The summed E-state index contributed by atoms with van der Waals surface area (Å²) in [6, 6.07) is 10.2. The van der Waals surface area contributed by atoms with Crippen molar-refractivity contribution in [2.24, 2.45) is 0 Å². The number of benzene rings is 1. The van der Waals surface area contributed by atoms with Gasteiger partial charge < -0.3 is 0 Å². The van der Waals surface area contributed by atoms with Crippen molar-refractivity contribution in [3.05, 3.63) is 51.7 Å². The van der Waals surface area contributed by atoms with E-state index in [9.17, 15) is 5.26 Å². The van der Waals surface area contributed by atoms with Crippen LogP contribution in [0.15, 0.2) is 30.5 Å². The molecule has 4 nitrogen and oxygen atoms in total. The molecule has 0 fully saturated rings. The summed E-state index contributed by atoms with van der Waals surface area (Å²) in [7, 11) is 0. The third-order valence-corrected chi connectivity index (χ3v) is 5.56. The molecule has 0 aliphatic carbocycles. The smallest absolute Gasteiger partial charge is 0.194 e. The van der Waals surface area contributed by atoms with Gasteiger partial charge in [0, 0.05) is 11.1 Å². The van der Waals surface area contributed by atoms with E-state index < -0.39 is 0 Å². The Hall–Kier alpha value is -2.49. The summed E-state index contributed by atoms with van der Waals surface area (Å²) in [5.74, 6) is 0. The Morgan fingerprint density at radius 3 is 2.83 bits per heavy atom. The quantitative estimate of drug-likeness (QED) is 0.499. The Kier molecular flexibility index (Phi) is 3.26. The van der Waals surface area contributed by atoms with Gasteiger partial charge in [-0.2, -0.15) is 5.26 Å². The molecule has 0 aliphatic rings. The monoisotopic (exact) mass is 336 g/mol. The second-order valence-electron chi connectivity index (χ2n) is 5.23. The Labute approximate surface area is 141 Å². The van der Waals surface area contributed by atoms with Crippen molar-refractivity contribution in [3.8, 4) is 6.07 Å². The molecule has 112 valence electrons. The van der Waals surface area contributed by atoms with Crippen LogP contribution in [-0.2, 0) is 0 Å². The van der Waals surface area contributed by atoms with Crippen LogP contribution in [-0.4, -0.2) is 14.4 Å². The highest BCUT2D eigenvalue weighted by atomic mass is 32.1. The van der Waals surface area contributed by atoms with E-state index in [1.807, 2.05) is 41.7 Å². The molecule has 3 aromatic heterocycles. The van der Waals surface area contributed by atoms with Gasteiger partial charge in [-0.25, -0.2) is 9.97 Å². The molecule has 0 unspecified atom stereocenters. The Balaban J connectivity index is 1.89. The number of allylic oxidation sites excluding steroid dienone is 1. The summed E-state index contributed by atoms with van der Waals surface area (Å²) >= 11 is 3.19. The summed E-state index contributed by atoms with van der Waals surface area (Å²) in [4.78, 5) is 11.3. The van der Waals surface area contributed by atoms with Crippen LogP contribution in [0.2, 0.25) is 0 Å². The van der Waals surface area contributed by atoms with Crippen molar-refractivity contribution in [1.29, 1.82) is 5.26 Å². The molecule has 0 amide bonds. The molecule has 0 radical (unpaired) electrons. The fourth-order valence-electron chi connectivity index (χ4n) is 2.52. The van der Waals surface area contributed by atoms with Crippen molar-refractivity contribution in [1.82, 2.24) is 14.4 Å². The topological polar surface area (TPSA) is 54.0 Å². The van der Waals surface area contributed by atoms with E-state index in [1.54, 1.807) is 11.3 Å². The SMILES string of the molecule is Cc1cn2c(C=C(C#N)c3nc4ccccc4s3)c(C)nc2s1. The van der Waals surface area contributed by atoms with Gasteiger partial charge in [-0.1, -0.05) is 12.1 Å². The van der Waals surface area contributed by atoms with Gasteiger partial charge in [0.05, 0.1) is 27.2 Å². The summed E-state index contributed by atoms with van der Waals surface area (Å²) < 4.78 is 3.13. The molecule has 0 aliphatic heterocycles. The molecule has 3 heterocycles. The van der Waals surface area contributed by atoms with E-state index in [1.165, 1.54) is 16.2 Å². The molecule has 0 saturated heterocycles. The average molecular weight is 336 g/mol. The highest BCUT2D eigenvalue weighted by Gasteiger charge is 2.13. The van der Waals surface area contributed by atoms with Gasteiger partial charge in [-0.05, 0) is 32.1 Å². The van der Waals surface area contributed by atoms with E-state index in [4.69, 9.17) is 0 Å². The van der Waals surface area contributed by atoms with E-state index >= 15 is 0 Å². The predicted octanol–water partition coefficient (Wildman–Crippen LogP) is 4.69. The lowest BCUT2D eigenvalue weighted by molar-refractivity contribution is 1.18. The van der Waals surface area contributed by atoms with Crippen LogP contribution >= 0.6 is 22.7 Å². The van der Waals surface area contributed by atoms with Crippen LogP contribution in [0.4, 0.5) is 0 Å². The molecule has 0 spiro atoms. The van der Waals surface area contributed by atoms with Crippen LogP contribution < -0.4 is 0 Å². The number of nitrogens with zero attached hydrogens (tertiary/aromatic N) is 4. The van der Waals surface area contributed by atoms with Crippen LogP contribution in [0.3, 0.4) is 0 Å². The first kappa shape index (κ1) is 14.1. The van der Waals surface area contributed by atoms with Crippen LogP contribution in [0.5, 0.6) is 0 Å². The summed E-state index contributed by atoms with van der Waals surface area (Å²) in [6.07, 6.45) is 3.94. The first-order valence-electron chi connectivity index (χ1n) is 7.08. The van der Waals surface area contributed by atoms with E-state index in [0.717, 1.165) is 31.6 Å². The zero-order valence-electron chi connectivity index (χ0n) is 12.6. The molecule has 6 heteroatoms. The van der Waals surface area contributed by atoms with Crippen LogP contribution in [0.1, 0.15) is 21.3 Å². The van der Waals surface area contributed by atoms with Gasteiger partial charge in [0.25, 0.3) is 0 Å². The number of hydrogen-bond donors (Lipinski definition) is 0. The fraction of sp³-hybridized carbons (Fsp3) is 0.118. The van der Waals surface area contributed by atoms with Crippen LogP contribution in [0, 0.1) is 25.2 Å². The molecule has 0 atom stereocenters. The lowest BCUT2D eigenvalue weighted by atomic mass is 10.2. The molecule has 23 heavy (non-hydrogen) atoms. The lowest BCUT2D eigenvalue weighted by Gasteiger charge is -1.96. The zero-order valence-corrected chi connectivity index (χ0v) is 14.2. The number of imidazole rings is 1. The van der Waals surface area contributed by atoms with Crippen LogP contribution in [0.25, 0.3) is 26.8 Å². The van der Waals surface area contributed by atoms with Gasteiger partial charge in [-0.15, -0.1) is 22.7 Å². The highest BCUT2D eigenvalue weighted by Crippen LogP contribution is 2.29. The lowest BCUT2D eigenvalue weighted by Crippen LogP contribution is -1.87. The number of aryl methyl sites for hydroxylation is 2. The van der Waals surface area contributed by atoms with Gasteiger partial charge in [-0.3, -0.25) is 4.40 Å².